The van der Waals surface area contributed by atoms with Crippen molar-refractivity contribution in [3.05, 3.63) is 88.3 Å². The number of aryl methyl sites for hydroxylation is 1. The van der Waals surface area contributed by atoms with Gasteiger partial charge in [0.15, 0.2) is 5.75 Å². The number of aromatic nitrogens is 5. The van der Waals surface area contributed by atoms with E-state index >= 15 is 0 Å². The Labute approximate surface area is 233 Å². The Kier molecular flexibility index (Phi) is 5.30. The summed E-state index contributed by atoms with van der Waals surface area (Å²) in [5.74, 6) is 1.40. The first-order valence-corrected chi connectivity index (χ1v) is 14.2. The van der Waals surface area contributed by atoms with E-state index in [2.05, 4.69) is 75.6 Å². The number of H-pyrrole nitrogens is 1. The maximum Gasteiger partial charge on any atom is 0.225 e. The number of fused-ring (bicyclic) bond motifs is 10. The highest BCUT2D eigenvalue weighted by atomic mass is 35.5. The number of allylic oxidation sites excluding steroid dienone is 2. The molecule has 0 bridgehead atoms. The SMILES string of the molecule is CCc1cccc2c1-n1nc3c(c1C1(C)C2=CC(C)(Cl)c2[nH]ccc21)CN(c1ncc(OC(C)C)cn1)CC3. The molecule has 0 amide bonds. The predicted octanol–water partition coefficient (Wildman–Crippen LogP) is 6.07. The van der Waals surface area contributed by atoms with E-state index in [-0.39, 0.29) is 6.10 Å². The van der Waals surface area contributed by atoms with Gasteiger partial charge in [-0.1, -0.05) is 31.2 Å². The van der Waals surface area contributed by atoms with E-state index < -0.39 is 10.3 Å². The van der Waals surface area contributed by atoms with Crippen LogP contribution in [0.1, 0.15) is 74.0 Å². The van der Waals surface area contributed by atoms with Crippen molar-refractivity contribution in [3.63, 3.8) is 0 Å². The van der Waals surface area contributed by atoms with Gasteiger partial charge in [0, 0.05) is 42.5 Å². The van der Waals surface area contributed by atoms with Crippen LogP contribution in [-0.4, -0.2) is 37.4 Å². The molecule has 0 spiro atoms. The minimum Gasteiger partial charge on any atom is -0.488 e. The molecule has 0 saturated carbocycles. The third-order valence-corrected chi connectivity index (χ3v) is 8.81. The summed E-state index contributed by atoms with van der Waals surface area (Å²) in [6, 6.07) is 8.81. The average Bonchev–Trinajstić information content (AvgIpc) is 3.57. The van der Waals surface area contributed by atoms with Crippen molar-refractivity contribution in [3.8, 4) is 11.4 Å². The number of nitrogens with one attached hydrogen (secondary N) is 1. The number of ether oxygens (including phenoxy) is 1. The third kappa shape index (κ3) is 3.45. The van der Waals surface area contributed by atoms with Crippen LogP contribution in [0.15, 0.2) is 48.9 Å². The number of para-hydroxylation sites is 1. The first-order chi connectivity index (χ1) is 18.7. The van der Waals surface area contributed by atoms with Crippen LogP contribution >= 0.6 is 11.6 Å². The zero-order valence-corrected chi connectivity index (χ0v) is 23.8. The van der Waals surface area contributed by atoms with E-state index in [1.54, 1.807) is 12.4 Å². The molecule has 1 N–H and O–H groups in total. The lowest BCUT2D eigenvalue weighted by atomic mass is 9.63. The minimum atomic E-state index is -0.630. The highest BCUT2D eigenvalue weighted by molar-refractivity contribution is 6.26. The van der Waals surface area contributed by atoms with Crippen molar-refractivity contribution in [2.24, 2.45) is 0 Å². The van der Waals surface area contributed by atoms with Crippen molar-refractivity contribution >= 4 is 23.1 Å². The molecule has 5 heterocycles. The van der Waals surface area contributed by atoms with Crippen molar-refractivity contribution in [1.29, 1.82) is 0 Å². The number of alkyl halides is 1. The van der Waals surface area contributed by atoms with E-state index in [9.17, 15) is 0 Å². The number of hydrogen-bond acceptors (Lipinski definition) is 5. The molecule has 2 aliphatic heterocycles. The molecule has 0 saturated heterocycles. The average molecular weight is 541 g/mol. The lowest BCUT2D eigenvalue weighted by Crippen LogP contribution is -2.41. The van der Waals surface area contributed by atoms with Gasteiger partial charge in [0.2, 0.25) is 5.95 Å². The normalized spacial score (nSPS) is 22.9. The number of rotatable bonds is 4. The summed E-state index contributed by atoms with van der Waals surface area (Å²) in [5.41, 5.74) is 10.4. The summed E-state index contributed by atoms with van der Waals surface area (Å²) in [6.07, 6.45) is 9.64. The molecule has 0 fully saturated rings. The first kappa shape index (κ1) is 24.5. The lowest BCUT2D eigenvalue weighted by molar-refractivity contribution is 0.240. The van der Waals surface area contributed by atoms with Gasteiger partial charge in [-0.25, -0.2) is 14.6 Å². The second-order valence-electron chi connectivity index (χ2n) is 11.4. The fourth-order valence-corrected chi connectivity index (χ4v) is 7.06. The van der Waals surface area contributed by atoms with Crippen molar-refractivity contribution in [2.75, 3.05) is 11.4 Å². The van der Waals surface area contributed by atoms with Gasteiger partial charge in [0.05, 0.1) is 41.0 Å². The summed E-state index contributed by atoms with van der Waals surface area (Å²) >= 11 is 7.19. The zero-order valence-electron chi connectivity index (χ0n) is 23.0. The quantitative estimate of drug-likeness (QED) is 0.318. The largest absolute Gasteiger partial charge is 0.488 e. The molecule has 200 valence electrons. The van der Waals surface area contributed by atoms with Gasteiger partial charge in [0.25, 0.3) is 0 Å². The number of aromatic amines is 1. The number of nitrogens with zero attached hydrogens (tertiary/aromatic N) is 5. The molecule has 1 aromatic carbocycles. The molecule has 7 nitrogen and oxygen atoms in total. The van der Waals surface area contributed by atoms with E-state index in [0.29, 0.717) is 18.2 Å². The topological polar surface area (TPSA) is 71.9 Å². The molecular weight excluding hydrogens is 508 g/mol. The molecule has 1 aliphatic carbocycles. The van der Waals surface area contributed by atoms with Crippen LogP contribution in [0.3, 0.4) is 0 Å². The fourth-order valence-electron chi connectivity index (χ4n) is 6.79. The van der Waals surface area contributed by atoms with Crippen molar-refractivity contribution < 1.29 is 4.74 Å². The van der Waals surface area contributed by atoms with Gasteiger partial charge in [-0.05, 0) is 56.9 Å². The predicted molar refractivity (Wildman–Crippen MR) is 154 cm³/mol. The number of hydrogen-bond donors (Lipinski definition) is 1. The fraction of sp³-hybridized carbons (Fsp3) is 0.387. The van der Waals surface area contributed by atoms with Crippen molar-refractivity contribution in [2.45, 2.75) is 70.4 Å². The van der Waals surface area contributed by atoms with E-state index in [4.69, 9.17) is 21.4 Å². The maximum atomic E-state index is 7.19. The van der Waals surface area contributed by atoms with E-state index in [1.165, 1.54) is 39.2 Å². The van der Waals surface area contributed by atoms with Crippen LogP contribution in [0.4, 0.5) is 5.95 Å². The zero-order chi connectivity index (χ0) is 27.1. The van der Waals surface area contributed by atoms with Crippen LogP contribution in [0.2, 0.25) is 0 Å². The molecule has 2 unspecified atom stereocenters. The summed E-state index contributed by atoms with van der Waals surface area (Å²) in [4.78, 5) is 14.4. The molecule has 39 heavy (non-hydrogen) atoms. The van der Waals surface area contributed by atoms with Gasteiger partial charge in [0.1, 0.15) is 4.87 Å². The Morgan fingerprint density at radius 2 is 1.95 bits per heavy atom. The van der Waals surface area contributed by atoms with Gasteiger partial charge < -0.3 is 14.6 Å². The molecule has 8 heteroatoms. The Morgan fingerprint density at radius 3 is 2.69 bits per heavy atom. The Balaban J connectivity index is 1.42. The highest BCUT2D eigenvalue weighted by Crippen LogP contribution is 2.58. The minimum absolute atomic E-state index is 0.0819. The van der Waals surface area contributed by atoms with Gasteiger partial charge in [-0.15, -0.1) is 11.6 Å². The van der Waals surface area contributed by atoms with Crippen LogP contribution in [0, 0.1) is 0 Å². The highest BCUT2D eigenvalue weighted by Gasteiger charge is 2.51. The molecule has 3 aromatic heterocycles. The summed E-state index contributed by atoms with van der Waals surface area (Å²) in [7, 11) is 0. The second kappa shape index (κ2) is 8.46. The van der Waals surface area contributed by atoms with Crippen LogP contribution in [0.25, 0.3) is 11.3 Å². The third-order valence-electron chi connectivity index (χ3n) is 8.51. The second-order valence-corrected chi connectivity index (χ2v) is 12.2. The molecular formula is C31H33ClN6O. The molecule has 7 rings (SSSR count). The number of halogens is 1. The van der Waals surface area contributed by atoms with Crippen LogP contribution < -0.4 is 9.64 Å². The lowest BCUT2D eigenvalue weighted by Gasteiger charge is -2.45. The van der Waals surface area contributed by atoms with Gasteiger partial charge in [-0.3, -0.25) is 0 Å². The van der Waals surface area contributed by atoms with Gasteiger partial charge >= 0.3 is 0 Å². The Morgan fingerprint density at radius 1 is 1.15 bits per heavy atom. The first-order valence-electron chi connectivity index (χ1n) is 13.8. The smallest absolute Gasteiger partial charge is 0.225 e. The Hall–Kier alpha value is -3.58. The summed E-state index contributed by atoms with van der Waals surface area (Å²) in [6.45, 7) is 12.1. The maximum absolute atomic E-state index is 7.19. The molecule has 4 aromatic rings. The van der Waals surface area contributed by atoms with Crippen molar-refractivity contribution in [1.82, 2.24) is 24.7 Å². The van der Waals surface area contributed by atoms with Crippen LogP contribution in [-0.2, 0) is 29.7 Å². The summed E-state index contributed by atoms with van der Waals surface area (Å²) in [5, 5.41) is 5.30. The molecule has 0 radical (unpaired) electrons. The summed E-state index contributed by atoms with van der Waals surface area (Å²) < 4.78 is 8.01. The monoisotopic (exact) mass is 540 g/mol. The molecule has 3 aliphatic rings. The molecule has 2 atom stereocenters. The van der Waals surface area contributed by atoms with E-state index in [1.807, 2.05) is 20.0 Å². The number of anilines is 1. The van der Waals surface area contributed by atoms with Crippen LogP contribution in [0.5, 0.6) is 5.75 Å². The standard InChI is InChI=1S/C31H33ClN6O/c1-6-19-8-7-9-21-24-14-30(4,32)27-23(10-12-33-27)31(24,5)28-22-17-37(13-11-25(22)36-38(28)26(19)21)29-34-15-20(16-35-29)39-18(2)3/h7-10,12,14-16,18,33H,6,11,13,17H2,1-5H3. The Bertz CT molecular complexity index is 1630. The number of benzene rings is 1. The van der Waals surface area contributed by atoms with Gasteiger partial charge in [-0.2, -0.15) is 5.10 Å². The van der Waals surface area contributed by atoms with E-state index in [0.717, 1.165) is 30.8 Å².